The van der Waals surface area contributed by atoms with Crippen molar-refractivity contribution < 1.29 is 32.2 Å². The second-order valence-corrected chi connectivity index (χ2v) is 7.03. The minimum Gasteiger partial charge on any atom is -0.454 e. The smallest absolute Gasteiger partial charge is 0.417 e. The number of nitrogens with one attached hydrogen (secondary N) is 1. The number of fused-ring (bicyclic) bond motifs is 1. The van der Waals surface area contributed by atoms with Gasteiger partial charge in [-0.05, 0) is 30.3 Å². The number of anilines is 2. The number of amides is 2. The maximum atomic E-state index is 13.0. The molecular formula is C19H14ClF3N2O4. The molecule has 2 aliphatic heterocycles. The summed E-state index contributed by atoms with van der Waals surface area (Å²) in [6.07, 6.45) is -4.70. The SMILES string of the molecule is O=C(Nc1ccc(Cl)c(C(F)(F)F)c1)[C@@H]1CC(=O)N(c2ccc3c(c2)OCO3)C1. The summed E-state index contributed by atoms with van der Waals surface area (Å²) in [4.78, 5) is 26.3. The molecule has 2 amide bonds. The molecule has 0 spiro atoms. The monoisotopic (exact) mass is 426 g/mol. The van der Waals surface area contributed by atoms with E-state index < -0.39 is 28.6 Å². The molecule has 29 heavy (non-hydrogen) atoms. The molecule has 2 aliphatic rings. The summed E-state index contributed by atoms with van der Waals surface area (Å²) >= 11 is 5.59. The van der Waals surface area contributed by atoms with E-state index in [0.29, 0.717) is 17.2 Å². The standard InChI is InChI=1S/C19H14ClF3N2O4/c20-14-3-1-11(6-13(14)19(21,22)23)24-18(27)10-5-17(26)25(8-10)12-2-4-15-16(7-12)29-9-28-15/h1-4,6-7,10H,5,8-9H2,(H,24,27)/t10-/m1/s1. The number of carbonyl (C=O) groups excluding carboxylic acids is 2. The Kier molecular flexibility index (Phi) is 4.77. The van der Waals surface area contributed by atoms with E-state index >= 15 is 0 Å². The maximum absolute atomic E-state index is 13.0. The minimum atomic E-state index is -4.64. The lowest BCUT2D eigenvalue weighted by Gasteiger charge is -2.17. The van der Waals surface area contributed by atoms with Crippen molar-refractivity contribution in [3.8, 4) is 11.5 Å². The van der Waals surface area contributed by atoms with E-state index in [1.165, 1.54) is 11.0 Å². The molecule has 0 unspecified atom stereocenters. The van der Waals surface area contributed by atoms with Gasteiger partial charge in [-0.25, -0.2) is 0 Å². The van der Waals surface area contributed by atoms with E-state index in [0.717, 1.165) is 12.1 Å². The molecule has 1 fully saturated rings. The molecule has 4 rings (SSSR count). The molecule has 1 N–H and O–H groups in total. The van der Waals surface area contributed by atoms with Crippen LogP contribution in [0.1, 0.15) is 12.0 Å². The van der Waals surface area contributed by atoms with Crippen molar-refractivity contribution in [3.05, 3.63) is 47.0 Å². The number of benzene rings is 2. The second kappa shape index (κ2) is 7.14. The highest BCUT2D eigenvalue weighted by atomic mass is 35.5. The lowest BCUT2D eigenvalue weighted by molar-refractivity contribution is -0.137. The van der Waals surface area contributed by atoms with Crippen molar-refractivity contribution >= 4 is 34.8 Å². The van der Waals surface area contributed by atoms with Gasteiger partial charge in [-0.15, -0.1) is 0 Å². The van der Waals surface area contributed by atoms with Gasteiger partial charge in [0, 0.05) is 30.4 Å². The lowest BCUT2D eigenvalue weighted by Crippen LogP contribution is -2.28. The van der Waals surface area contributed by atoms with Crippen molar-refractivity contribution in [2.24, 2.45) is 5.92 Å². The molecule has 0 bridgehead atoms. The summed E-state index contributed by atoms with van der Waals surface area (Å²) in [5.74, 6) is -0.451. The Balaban J connectivity index is 1.47. The van der Waals surface area contributed by atoms with Crippen LogP contribution < -0.4 is 19.7 Å². The summed E-state index contributed by atoms with van der Waals surface area (Å²) in [6.45, 7) is 0.197. The number of carbonyl (C=O) groups is 2. The van der Waals surface area contributed by atoms with Crippen LogP contribution in [0.25, 0.3) is 0 Å². The van der Waals surface area contributed by atoms with E-state index in [1.807, 2.05) is 0 Å². The van der Waals surface area contributed by atoms with Crippen molar-refractivity contribution in [2.75, 3.05) is 23.6 Å². The Hall–Kier alpha value is -2.94. The number of rotatable bonds is 3. The van der Waals surface area contributed by atoms with Crippen molar-refractivity contribution in [3.63, 3.8) is 0 Å². The Morgan fingerprint density at radius 1 is 1.14 bits per heavy atom. The van der Waals surface area contributed by atoms with Crippen molar-refractivity contribution in [2.45, 2.75) is 12.6 Å². The predicted molar refractivity (Wildman–Crippen MR) is 98.1 cm³/mol. The first-order valence-corrected chi connectivity index (χ1v) is 8.98. The first-order valence-electron chi connectivity index (χ1n) is 8.60. The van der Waals surface area contributed by atoms with Crippen LogP contribution in [0, 0.1) is 5.92 Å². The molecule has 6 nitrogen and oxygen atoms in total. The van der Waals surface area contributed by atoms with Crippen LogP contribution in [-0.2, 0) is 15.8 Å². The molecule has 2 aromatic rings. The fourth-order valence-corrected chi connectivity index (χ4v) is 3.48. The number of halogens is 4. The third-order valence-corrected chi connectivity index (χ3v) is 5.03. The van der Waals surface area contributed by atoms with Crippen LogP contribution in [-0.4, -0.2) is 25.2 Å². The number of ether oxygens (including phenoxy) is 2. The summed E-state index contributed by atoms with van der Waals surface area (Å²) in [6, 6.07) is 8.12. The largest absolute Gasteiger partial charge is 0.454 e. The van der Waals surface area contributed by atoms with Gasteiger partial charge >= 0.3 is 6.18 Å². The third-order valence-electron chi connectivity index (χ3n) is 4.70. The molecular weight excluding hydrogens is 413 g/mol. The average molecular weight is 427 g/mol. The van der Waals surface area contributed by atoms with Gasteiger partial charge in [0.15, 0.2) is 11.5 Å². The molecule has 2 heterocycles. The van der Waals surface area contributed by atoms with Crippen LogP contribution in [0.5, 0.6) is 11.5 Å². The average Bonchev–Trinajstić information content (AvgIpc) is 3.28. The fourth-order valence-electron chi connectivity index (χ4n) is 3.25. The van der Waals surface area contributed by atoms with Crippen LogP contribution in [0.3, 0.4) is 0 Å². The van der Waals surface area contributed by atoms with Gasteiger partial charge in [0.05, 0.1) is 16.5 Å². The topological polar surface area (TPSA) is 67.9 Å². The zero-order chi connectivity index (χ0) is 20.8. The molecule has 152 valence electrons. The first kappa shape index (κ1) is 19.4. The first-order chi connectivity index (χ1) is 13.7. The van der Waals surface area contributed by atoms with Crippen molar-refractivity contribution in [1.29, 1.82) is 0 Å². The quantitative estimate of drug-likeness (QED) is 0.803. The molecule has 0 saturated carbocycles. The van der Waals surface area contributed by atoms with Crippen LogP contribution in [0.15, 0.2) is 36.4 Å². The normalized spacial score (nSPS) is 18.3. The van der Waals surface area contributed by atoms with E-state index in [9.17, 15) is 22.8 Å². The number of alkyl halides is 3. The summed E-state index contributed by atoms with van der Waals surface area (Å²) in [7, 11) is 0. The lowest BCUT2D eigenvalue weighted by atomic mass is 10.1. The molecule has 2 aromatic carbocycles. The number of hydrogen-bond donors (Lipinski definition) is 1. The molecule has 10 heteroatoms. The Morgan fingerprint density at radius 2 is 1.90 bits per heavy atom. The number of nitrogens with zero attached hydrogens (tertiary/aromatic N) is 1. The van der Waals surface area contributed by atoms with Crippen molar-refractivity contribution in [1.82, 2.24) is 0 Å². The van der Waals surface area contributed by atoms with Gasteiger partial charge in [0.25, 0.3) is 0 Å². The second-order valence-electron chi connectivity index (χ2n) is 6.62. The molecule has 1 saturated heterocycles. The van der Waals surface area contributed by atoms with Gasteiger partial charge in [-0.2, -0.15) is 13.2 Å². The molecule has 0 radical (unpaired) electrons. The van der Waals surface area contributed by atoms with Gasteiger partial charge in [-0.1, -0.05) is 11.6 Å². The Labute approximate surface area is 168 Å². The van der Waals surface area contributed by atoms with Gasteiger partial charge in [0.2, 0.25) is 18.6 Å². The summed E-state index contributed by atoms with van der Waals surface area (Å²) < 4.78 is 49.5. The maximum Gasteiger partial charge on any atom is 0.417 e. The molecule has 1 atom stereocenters. The van der Waals surface area contributed by atoms with Gasteiger partial charge < -0.3 is 19.7 Å². The Bertz CT molecular complexity index is 996. The minimum absolute atomic E-state index is 0.0410. The highest BCUT2D eigenvalue weighted by Crippen LogP contribution is 2.38. The molecule has 0 aromatic heterocycles. The van der Waals surface area contributed by atoms with E-state index in [-0.39, 0.29) is 31.4 Å². The highest BCUT2D eigenvalue weighted by molar-refractivity contribution is 6.31. The molecule has 0 aliphatic carbocycles. The highest BCUT2D eigenvalue weighted by Gasteiger charge is 2.37. The van der Waals surface area contributed by atoms with E-state index in [1.54, 1.807) is 18.2 Å². The fraction of sp³-hybridized carbons (Fsp3) is 0.263. The van der Waals surface area contributed by atoms with Crippen LogP contribution in [0.4, 0.5) is 24.5 Å². The zero-order valence-corrected chi connectivity index (χ0v) is 15.5. The van der Waals surface area contributed by atoms with E-state index in [4.69, 9.17) is 21.1 Å². The van der Waals surface area contributed by atoms with Gasteiger partial charge in [0.1, 0.15) is 0 Å². The summed E-state index contributed by atoms with van der Waals surface area (Å²) in [5, 5.41) is 1.98. The Morgan fingerprint density at radius 3 is 2.66 bits per heavy atom. The predicted octanol–water partition coefficient (Wildman–Crippen LogP) is 4.08. The van der Waals surface area contributed by atoms with Gasteiger partial charge in [-0.3, -0.25) is 9.59 Å². The number of hydrogen-bond acceptors (Lipinski definition) is 4. The third kappa shape index (κ3) is 3.82. The van der Waals surface area contributed by atoms with Crippen LogP contribution in [0.2, 0.25) is 5.02 Å². The van der Waals surface area contributed by atoms with Crippen LogP contribution >= 0.6 is 11.6 Å². The zero-order valence-electron chi connectivity index (χ0n) is 14.8. The van der Waals surface area contributed by atoms with E-state index in [2.05, 4.69) is 5.32 Å². The summed E-state index contributed by atoms with van der Waals surface area (Å²) in [5.41, 5.74) is -0.525.